The second-order valence-electron chi connectivity index (χ2n) is 6.25. The summed E-state index contributed by atoms with van der Waals surface area (Å²) >= 11 is 0. The van der Waals surface area contributed by atoms with E-state index in [2.05, 4.69) is 0 Å². The molecule has 1 aliphatic heterocycles. The second-order valence-corrected chi connectivity index (χ2v) is 6.25. The van der Waals surface area contributed by atoms with Crippen molar-refractivity contribution in [1.29, 1.82) is 0 Å². The van der Waals surface area contributed by atoms with E-state index in [4.69, 9.17) is 4.74 Å². The Morgan fingerprint density at radius 1 is 1.32 bits per heavy atom. The summed E-state index contributed by atoms with van der Waals surface area (Å²) < 4.78 is 5.20. The first-order valence-electron chi connectivity index (χ1n) is 7.91. The summed E-state index contributed by atoms with van der Waals surface area (Å²) in [6, 6.07) is 10.0. The van der Waals surface area contributed by atoms with E-state index in [-0.39, 0.29) is 23.9 Å². The van der Waals surface area contributed by atoms with Gasteiger partial charge in [0.25, 0.3) is 0 Å². The number of hydrogen-bond acceptors (Lipinski definition) is 4. The van der Waals surface area contributed by atoms with Crippen molar-refractivity contribution in [3.63, 3.8) is 0 Å². The smallest absolute Gasteiger partial charge is 0.306 e. The molecule has 3 rings (SSSR count). The van der Waals surface area contributed by atoms with Crippen molar-refractivity contribution in [2.75, 3.05) is 0 Å². The zero-order chi connectivity index (χ0) is 15.5. The molecule has 0 spiro atoms. The van der Waals surface area contributed by atoms with Gasteiger partial charge in [-0.1, -0.05) is 42.5 Å². The summed E-state index contributed by atoms with van der Waals surface area (Å²) in [4.78, 5) is 11.3. The number of fused-ring (bicyclic) bond motifs is 1. The minimum atomic E-state index is -0.538. The van der Waals surface area contributed by atoms with Gasteiger partial charge in [-0.25, -0.2) is 0 Å². The van der Waals surface area contributed by atoms with Gasteiger partial charge >= 0.3 is 5.97 Å². The van der Waals surface area contributed by atoms with Crippen LogP contribution >= 0.6 is 0 Å². The van der Waals surface area contributed by atoms with Crippen molar-refractivity contribution >= 4 is 5.97 Å². The first kappa shape index (κ1) is 15.3. The topological polar surface area (TPSA) is 66.8 Å². The molecule has 1 aromatic rings. The van der Waals surface area contributed by atoms with Gasteiger partial charge in [-0.2, -0.15) is 0 Å². The predicted octanol–water partition coefficient (Wildman–Crippen LogP) is 1.85. The molecule has 0 bridgehead atoms. The average Bonchev–Trinajstić information content (AvgIpc) is 2.99. The lowest BCUT2D eigenvalue weighted by Crippen LogP contribution is -2.18. The maximum absolute atomic E-state index is 11.3. The molecule has 2 fully saturated rings. The Bertz CT molecular complexity index is 539. The van der Waals surface area contributed by atoms with Crippen molar-refractivity contribution in [3.8, 4) is 0 Å². The van der Waals surface area contributed by atoms with Gasteiger partial charge in [-0.15, -0.1) is 0 Å². The molecule has 118 valence electrons. The highest BCUT2D eigenvalue weighted by molar-refractivity contribution is 5.72. The molecule has 22 heavy (non-hydrogen) atoms. The number of ether oxygens (including phenoxy) is 1. The molecule has 4 heteroatoms. The summed E-state index contributed by atoms with van der Waals surface area (Å²) in [5.41, 5.74) is 1.20. The largest absolute Gasteiger partial charge is 0.462 e. The Morgan fingerprint density at radius 2 is 2.09 bits per heavy atom. The number of benzene rings is 1. The second kappa shape index (κ2) is 6.63. The highest BCUT2D eigenvalue weighted by Gasteiger charge is 2.48. The van der Waals surface area contributed by atoms with Crippen LogP contribution in [0.5, 0.6) is 0 Å². The Hall–Kier alpha value is -1.65. The van der Waals surface area contributed by atoms with E-state index >= 15 is 0 Å². The van der Waals surface area contributed by atoms with Crippen LogP contribution in [0.15, 0.2) is 42.5 Å². The van der Waals surface area contributed by atoms with E-state index in [0.717, 1.165) is 6.42 Å². The van der Waals surface area contributed by atoms with Gasteiger partial charge in [-0.3, -0.25) is 4.79 Å². The Kier molecular flexibility index (Phi) is 4.60. The highest BCUT2D eigenvalue weighted by Crippen LogP contribution is 2.42. The first-order valence-corrected chi connectivity index (χ1v) is 7.91. The number of carbonyl (C=O) groups is 1. The van der Waals surface area contributed by atoms with Crippen molar-refractivity contribution < 1.29 is 19.7 Å². The molecule has 5 unspecified atom stereocenters. The van der Waals surface area contributed by atoms with Crippen LogP contribution in [0.4, 0.5) is 0 Å². The van der Waals surface area contributed by atoms with Crippen LogP contribution in [0.3, 0.4) is 0 Å². The SMILES string of the molecule is O=C1CC2C(CC(O)C2/C=C/C(O)CCc2ccccc2)O1. The molecule has 2 aliphatic rings. The molecular formula is C18H22O4. The summed E-state index contributed by atoms with van der Waals surface area (Å²) in [5, 5.41) is 20.2. The highest BCUT2D eigenvalue weighted by atomic mass is 16.6. The summed E-state index contributed by atoms with van der Waals surface area (Å²) in [6.07, 6.45) is 4.78. The summed E-state index contributed by atoms with van der Waals surface area (Å²) in [7, 11) is 0. The first-order chi connectivity index (χ1) is 10.6. The van der Waals surface area contributed by atoms with Crippen LogP contribution < -0.4 is 0 Å². The molecule has 4 nitrogen and oxygen atoms in total. The van der Waals surface area contributed by atoms with E-state index in [1.165, 1.54) is 5.56 Å². The van der Waals surface area contributed by atoms with E-state index in [1.54, 1.807) is 6.08 Å². The van der Waals surface area contributed by atoms with E-state index in [0.29, 0.717) is 19.3 Å². The summed E-state index contributed by atoms with van der Waals surface area (Å²) in [5.74, 6) is -0.215. The summed E-state index contributed by atoms with van der Waals surface area (Å²) in [6.45, 7) is 0. The quantitative estimate of drug-likeness (QED) is 0.643. The van der Waals surface area contributed by atoms with Crippen LogP contribution in [-0.4, -0.2) is 34.5 Å². The maximum Gasteiger partial charge on any atom is 0.306 e. The van der Waals surface area contributed by atoms with Gasteiger partial charge in [-0.05, 0) is 18.4 Å². The molecule has 5 atom stereocenters. The van der Waals surface area contributed by atoms with Crippen LogP contribution in [0.1, 0.15) is 24.8 Å². The third-order valence-electron chi connectivity index (χ3n) is 4.70. The fourth-order valence-electron chi connectivity index (χ4n) is 3.50. The monoisotopic (exact) mass is 302 g/mol. The van der Waals surface area contributed by atoms with E-state index in [9.17, 15) is 15.0 Å². The molecule has 1 heterocycles. The molecular weight excluding hydrogens is 280 g/mol. The van der Waals surface area contributed by atoms with Crippen molar-refractivity contribution in [1.82, 2.24) is 0 Å². The lowest BCUT2D eigenvalue weighted by atomic mass is 9.91. The normalized spacial score (nSPS) is 32.2. The van der Waals surface area contributed by atoms with Gasteiger partial charge in [0, 0.05) is 18.3 Å². The van der Waals surface area contributed by atoms with E-state index in [1.807, 2.05) is 36.4 Å². The number of rotatable bonds is 5. The maximum atomic E-state index is 11.3. The van der Waals surface area contributed by atoms with Crippen LogP contribution in [-0.2, 0) is 16.0 Å². The molecule has 0 radical (unpaired) electrons. The number of aliphatic hydroxyl groups excluding tert-OH is 2. The van der Waals surface area contributed by atoms with Gasteiger partial charge in [0.2, 0.25) is 0 Å². The van der Waals surface area contributed by atoms with Gasteiger partial charge < -0.3 is 14.9 Å². The molecule has 1 aliphatic carbocycles. The van der Waals surface area contributed by atoms with Crippen LogP contribution in [0.25, 0.3) is 0 Å². The zero-order valence-corrected chi connectivity index (χ0v) is 12.5. The predicted molar refractivity (Wildman–Crippen MR) is 82.0 cm³/mol. The standard InChI is InChI=1S/C18H22O4/c19-13(7-6-12-4-2-1-3-5-12)8-9-14-15-10-18(21)22-17(15)11-16(14)20/h1-5,8-9,13-17,19-20H,6-7,10-11H2/b9-8+. The van der Waals surface area contributed by atoms with Crippen LogP contribution in [0.2, 0.25) is 0 Å². The molecule has 1 aromatic carbocycles. The average molecular weight is 302 g/mol. The minimum Gasteiger partial charge on any atom is -0.462 e. The number of aryl methyl sites for hydroxylation is 1. The van der Waals surface area contributed by atoms with Gasteiger partial charge in [0.1, 0.15) is 6.10 Å². The Balaban J connectivity index is 1.53. The lowest BCUT2D eigenvalue weighted by molar-refractivity contribution is -0.141. The molecule has 2 N–H and O–H groups in total. The van der Waals surface area contributed by atoms with Gasteiger partial charge in [0.15, 0.2) is 0 Å². The molecule has 1 saturated carbocycles. The molecule has 0 aromatic heterocycles. The lowest BCUT2D eigenvalue weighted by Gasteiger charge is -2.15. The van der Waals surface area contributed by atoms with Crippen molar-refractivity contribution in [2.45, 2.75) is 44.0 Å². The van der Waals surface area contributed by atoms with Crippen molar-refractivity contribution in [3.05, 3.63) is 48.0 Å². The van der Waals surface area contributed by atoms with E-state index < -0.39 is 12.2 Å². The Labute approximate surface area is 130 Å². The zero-order valence-electron chi connectivity index (χ0n) is 12.5. The van der Waals surface area contributed by atoms with Crippen LogP contribution in [0, 0.1) is 11.8 Å². The number of hydrogen-bond donors (Lipinski definition) is 2. The number of esters is 1. The number of aliphatic hydroxyl groups is 2. The number of carbonyl (C=O) groups excluding carboxylic acids is 1. The third-order valence-corrected chi connectivity index (χ3v) is 4.70. The Morgan fingerprint density at radius 3 is 2.86 bits per heavy atom. The fourth-order valence-corrected chi connectivity index (χ4v) is 3.50. The molecule has 0 amide bonds. The minimum absolute atomic E-state index is 0.0556. The fraction of sp³-hybridized carbons (Fsp3) is 0.500. The molecule has 1 saturated heterocycles. The van der Waals surface area contributed by atoms with Gasteiger partial charge in [0.05, 0.1) is 18.6 Å². The third kappa shape index (κ3) is 3.39. The van der Waals surface area contributed by atoms with Crippen molar-refractivity contribution in [2.24, 2.45) is 11.8 Å².